The molecule has 0 fully saturated rings. The molecule has 0 atom stereocenters. The predicted octanol–water partition coefficient (Wildman–Crippen LogP) is 5.24. The van der Waals surface area contributed by atoms with E-state index in [1.807, 2.05) is 30.3 Å². The highest BCUT2D eigenvalue weighted by atomic mass is 79.9. The fraction of sp³-hybridized carbons (Fsp3) is 0.294. The number of nitrogens with one attached hydrogen (secondary N) is 1. The molecule has 21 heavy (non-hydrogen) atoms. The molecule has 1 N–H and O–H groups in total. The first-order valence-corrected chi connectivity index (χ1v) is 7.75. The van der Waals surface area contributed by atoms with Gasteiger partial charge in [0.25, 0.3) is 0 Å². The van der Waals surface area contributed by atoms with Crippen LogP contribution in [-0.2, 0) is 6.54 Å². The molecule has 2 aromatic rings. The first-order chi connectivity index (χ1) is 10.1. The first-order valence-electron chi connectivity index (χ1n) is 6.96. The van der Waals surface area contributed by atoms with Crippen molar-refractivity contribution in [1.29, 1.82) is 0 Å². The third kappa shape index (κ3) is 4.74. The number of hydrogen-bond acceptors (Lipinski definition) is 2. The van der Waals surface area contributed by atoms with Crippen LogP contribution in [0.5, 0.6) is 5.75 Å². The number of anilines is 1. The molecule has 4 heteroatoms. The summed E-state index contributed by atoms with van der Waals surface area (Å²) < 4.78 is 20.3. The summed E-state index contributed by atoms with van der Waals surface area (Å²) in [6.45, 7) is 5.28. The van der Waals surface area contributed by atoms with Crippen LogP contribution in [-0.4, -0.2) is 6.61 Å². The van der Waals surface area contributed by atoms with Gasteiger partial charge < -0.3 is 10.1 Å². The summed E-state index contributed by atoms with van der Waals surface area (Å²) in [5, 5.41) is 3.23. The Morgan fingerprint density at radius 2 is 1.95 bits per heavy atom. The van der Waals surface area contributed by atoms with Crippen molar-refractivity contribution in [2.24, 2.45) is 5.92 Å². The second-order valence-corrected chi connectivity index (χ2v) is 6.21. The van der Waals surface area contributed by atoms with E-state index in [2.05, 4.69) is 35.1 Å². The van der Waals surface area contributed by atoms with E-state index in [1.54, 1.807) is 6.07 Å². The Bertz CT molecular complexity index is 601. The minimum atomic E-state index is -0.225. The summed E-state index contributed by atoms with van der Waals surface area (Å²) in [4.78, 5) is 0. The van der Waals surface area contributed by atoms with Crippen LogP contribution in [0.4, 0.5) is 10.1 Å². The van der Waals surface area contributed by atoms with Crippen molar-refractivity contribution >= 4 is 21.6 Å². The number of halogens is 2. The van der Waals surface area contributed by atoms with Gasteiger partial charge in [-0.25, -0.2) is 4.39 Å². The monoisotopic (exact) mass is 351 g/mol. The molecule has 0 aliphatic carbocycles. The number of para-hydroxylation sites is 2. The Labute approximate surface area is 133 Å². The number of ether oxygens (including phenoxy) is 1. The average Bonchev–Trinajstić information content (AvgIpc) is 2.45. The highest BCUT2D eigenvalue weighted by Crippen LogP contribution is 2.25. The van der Waals surface area contributed by atoms with Crippen molar-refractivity contribution in [3.05, 3.63) is 58.3 Å². The van der Waals surface area contributed by atoms with E-state index >= 15 is 0 Å². The van der Waals surface area contributed by atoms with E-state index in [4.69, 9.17) is 4.74 Å². The lowest BCUT2D eigenvalue weighted by Gasteiger charge is -2.14. The Kier molecular flexibility index (Phi) is 5.62. The molecule has 0 aliphatic heterocycles. The summed E-state index contributed by atoms with van der Waals surface area (Å²) in [6, 6.07) is 12.8. The lowest BCUT2D eigenvalue weighted by atomic mass is 10.2. The molecular formula is C17H19BrFNO. The molecule has 0 amide bonds. The zero-order valence-corrected chi connectivity index (χ0v) is 13.8. The Morgan fingerprint density at radius 3 is 2.67 bits per heavy atom. The van der Waals surface area contributed by atoms with Gasteiger partial charge in [0, 0.05) is 16.6 Å². The van der Waals surface area contributed by atoms with Gasteiger partial charge in [0.05, 0.1) is 12.3 Å². The molecule has 0 unspecified atom stereocenters. The minimum Gasteiger partial charge on any atom is -0.491 e. The fourth-order valence-electron chi connectivity index (χ4n) is 1.85. The quantitative estimate of drug-likeness (QED) is 0.768. The number of hydrogen-bond donors (Lipinski definition) is 1. The van der Waals surface area contributed by atoms with Crippen molar-refractivity contribution in [2.75, 3.05) is 11.9 Å². The van der Waals surface area contributed by atoms with Crippen molar-refractivity contribution in [2.45, 2.75) is 20.4 Å². The molecule has 0 heterocycles. The Hall–Kier alpha value is -1.55. The van der Waals surface area contributed by atoms with Crippen LogP contribution in [0.3, 0.4) is 0 Å². The molecule has 2 nitrogen and oxygen atoms in total. The smallest absolute Gasteiger partial charge is 0.142 e. The number of rotatable bonds is 6. The van der Waals surface area contributed by atoms with Gasteiger partial charge in [-0.1, -0.05) is 48.0 Å². The maximum Gasteiger partial charge on any atom is 0.142 e. The Morgan fingerprint density at radius 1 is 1.19 bits per heavy atom. The van der Waals surface area contributed by atoms with Crippen molar-refractivity contribution in [3.8, 4) is 5.75 Å². The van der Waals surface area contributed by atoms with Crippen LogP contribution in [0.15, 0.2) is 46.9 Å². The van der Waals surface area contributed by atoms with E-state index in [1.165, 1.54) is 6.07 Å². The highest BCUT2D eigenvalue weighted by Gasteiger charge is 2.06. The van der Waals surface area contributed by atoms with Crippen LogP contribution in [0.1, 0.15) is 19.4 Å². The fourth-order valence-corrected chi connectivity index (χ4v) is 2.18. The minimum absolute atomic E-state index is 0.225. The maximum absolute atomic E-state index is 13.8. The van der Waals surface area contributed by atoms with Crippen LogP contribution in [0.2, 0.25) is 0 Å². The molecule has 0 aromatic heterocycles. The summed E-state index contributed by atoms with van der Waals surface area (Å²) >= 11 is 3.26. The molecule has 0 saturated carbocycles. The van der Waals surface area contributed by atoms with Gasteiger partial charge in [0.2, 0.25) is 0 Å². The Balaban J connectivity index is 2.05. The lowest BCUT2D eigenvalue weighted by molar-refractivity contribution is 0.272. The maximum atomic E-state index is 13.8. The molecule has 0 spiro atoms. The zero-order valence-electron chi connectivity index (χ0n) is 12.2. The van der Waals surface area contributed by atoms with Crippen molar-refractivity contribution < 1.29 is 9.13 Å². The summed E-state index contributed by atoms with van der Waals surface area (Å²) in [6.07, 6.45) is 0. The van der Waals surface area contributed by atoms with Crippen LogP contribution < -0.4 is 10.1 Å². The van der Waals surface area contributed by atoms with Gasteiger partial charge in [-0.2, -0.15) is 0 Å². The largest absolute Gasteiger partial charge is 0.491 e. The van der Waals surface area contributed by atoms with Gasteiger partial charge in [-0.15, -0.1) is 0 Å². The molecular weight excluding hydrogens is 333 g/mol. The van der Waals surface area contributed by atoms with Gasteiger partial charge >= 0.3 is 0 Å². The van der Waals surface area contributed by atoms with Gasteiger partial charge in [0.1, 0.15) is 11.6 Å². The summed E-state index contributed by atoms with van der Waals surface area (Å²) in [5.74, 6) is 1.03. The third-order valence-corrected chi connectivity index (χ3v) is 3.44. The van der Waals surface area contributed by atoms with Gasteiger partial charge in [0.15, 0.2) is 0 Å². The van der Waals surface area contributed by atoms with E-state index in [9.17, 15) is 4.39 Å². The van der Waals surface area contributed by atoms with E-state index < -0.39 is 0 Å². The van der Waals surface area contributed by atoms with E-state index in [-0.39, 0.29) is 5.82 Å². The summed E-state index contributed by atoms with van der Waals surface area (Å²) in [5.41, 5.74) is 1.50. The highest BCUT2D eigenvalue weighted by molar-refractivity contribution is 9.10. The van der Waals surface area contributed by atoms with E-state index in [0.29, 0.717) is 24.6 Å². The van der Waals surface area contributed by atoms with Crippen LogP contribution in [0.25, 0.3) is 0 Å². The molecule has 2 rings (SSSR count). The van der Waals surface area contributed by atoms with Crippen LogP contribution >= 0.6 is 15.9 Å². The first kappa shape index (κ1) is 15.8. The summed E-state index contributed by atoms with van der Waals surface area (Å²) in [7, 11) is 0. The second kappa shape index (κ2) is 7.46. The molecule has 0 bridgehead atoms. The van der Waals surface area contributed by atoms with E-state index in [0.717, 1.165) is 15.9 Å². The lowest BCUT2D eigenvalue weighted by Crippen LogP contribution is -2.08. The van der Waals surface area contributed by atoms with Gasteiger partial charge in [-0.05, 0) is 30.2 Å². The second-order valence-electron chi connectivity index (χ2n) is 5.29. The molecule has 112 valence electrons. The predicted molar refractivity (Wildman–Crippen MR) is 88.2 cm³/mol. The number of benzene rings is 2. The normalized spacial score (nSPS) is 10.7. The topological polar surface area (TPSA) is 21.3 Å². The third-order valence-electron chi connectivity index (χ3n) is 2.94. The SMILES string of the molecule is CC(C)COc1ccccc1NCc1ccc(Br)cc1F. The van der Waals surface area contributed by atoms with Crippen molar-refractivity contribution in [1.82, 2.24) is 0 Å². The molecule has 0 radical (unpaired) electrons. The molecule has 0 aliphatic rings. The average molecular weight is 352 g/mol. The standard InChI is InChI=1S/C17H19BrFNO/c1-12(2)11-21-17-6-4-3-5-16(17)20-10-13-7-8-14(18)9-15(13)19/h3-9,12,20H,10-11H2,1-2H3. The zero-order chi connectivity index (χ0) is 15.2. The van der Waals surface area contributed by atoms with Crippen molar-refractivity contribution in [3.63, 3.8) is 0 Å². The molecule has 0 saturated heterocycles. The van der Waals surface area contributed by atoms with Crippen LogP contribution in [0, 0.1) is 11.7 Å². The molecule has 2 aromatic carbocycles. The van der Waals surface area contributed by atoms with Gasteiger partial charge in [-0.3, -0.25) is 0 Å².